The standard InChI is InChI=1S/C22H20FN5O2S2/c1-3-28-19(12-24-20(28)14-7-9-16(23)10-8-14)31-13-18(29)25-22-27-26-21(32-22)15-5-4-6-17(11-15)30-2/h4-12H,3,13H2,1-2H3,(H,25,27,29). The van der Waals surface area contributed by atoms with Gasteiger partial charge in [-0.1, -0.05) is 35.2 Å². The molecule has 0 atom stereocenters. The van der Waals surface area contributed by atoms with Gasteiger partial charge in [-0.05, 0) is 43.3 Å². The number of methoxy groups -OCH3 is 1. The minimum absolute atomic E-state index is 0.185. The van der Waals surface area contributed by atoms with Crippen molar-refractivity contribution in [3.05, 3.63) is 60.5 Å². The molecule has 0 bridgehead atoms. The highest BCUT2D eigenvalue weighted by atomic mass is 32.2. The third-order valence-electron chi connectivity index (χ3n) is 4.58. The normalized spacial score (nSPS) is 10.8. The SMILES string of the molecule is CCn1c(SCC(=O)Nc2nnc(-c3cccc(OC)c3)s2)cnc1-c1ccc(F)cc1. The Kier molecular flexibility index (Phi) is 6.81. The van der Waals surface area contributed by atoms with Crippen LogP contribution in [0.3, 0.4) is 0 Å². The molecule has 0 aliphatic rings. The van der Waals surface area contributed by atoms with Gasteiger partial charge in [0.25, 0.3) is 0 Å². The molecule has 0 spiro atoms. The predicted octanol–water partition coefficient (Wildman–Crippen LogP) is 4.97. The van der Waals surface area contributed by atoms with Crippen LogP contribution in [0.5, 0.6) is 5.75 Å². The van der Waals surface area contributed by atoms with E-state index in [-0.39, 0.29) is 17.5 Å². The molecule has 0 saturated carbocycles. The lowest BCUT2D eigenvalue weighted by Gasteiger charge is -2.09. The summed E-state index contributed by atoms with van der Waals surface area (Å²) >= 11 is 2.68. The third-order valence-corrected chi connectivity index (χ3v) is 6.49. The van der Waals surface area contributed by atoms with Crippen molar-refractivity contribution in [2.45, 2.75) is 18.5 Å². The summed E-state index contributed by atoms with van der Waals surface area (Å²) in [6, 6.07) is 13.7. The Balaban J connectivity index is 1.39. The Morgan fingerprint density at radius 1 is 1.19 bits per heavy atom. The van der Waals surface area contributed by atoms with Crippen LogP contribution in [0, 0.1) is 5.82 Å². The van der Waals surface area contributed by atoms with Crippen molar-refractivity contribution in [3.8, 4) is 27.7 Å². The van der Waals surface area contributed by atoms with Gasteiger partial charge in [-0.3, -0.25) is 10.1 Å². The Bertz CT molecular complexity index is 1220. The van der Waals surface area contributed by atoms with Crippen molar-refractivity contribution in [2.24, 2.45) is 0 Å². The fourth-order valence-electron chi connectivity index (χ4n) is 3.05. The van der Waals surface area contributed by atoms with E-state index in [9.17, 15) is 9.18 Å². The molecule has 1 amide bonds. The summed E-state index contributed by atoms with van der Waals surface area (Å²) in [6.07, 6.45) is 1.73. The van der Waals surface area contributed by atoms with Gasteiger partial charge in [-0.15, -0.1) is 10.2 Å². The van der Waals surface area contributed by atoms with Crippen LogP contribution >= 0.6 is 23.1 Å². The minimum Gasteiger partial charge on any atom is -0.497 e. The number of thioether (sulfide) groups is 1. The van der Waals surface area contributed by atoms with E-state index in [4.69, 9.17) is 4.74 Å². The second-order valence-corrected chi connectivity index (χ2v) is 8.63. The number of nitrogens with zero attached hydrogens (tertiary/aromatic N) is 4. The Labute approximate surface area is 192 Å². The van der Waals surface area contributed by atoms with E-state index in [0.29, 0.717) is 16.7 Å². The second kappa shape index (κ2) is 9.92. The first-order valence-electron chi connectivity index (χ1n) is 9.79. The zero-order valence-electron chi connectivity index (χ0n) is 17.4. The molecular weight excluding hydrogens is 449 g/mol. The molecule has 0 fully saturated rings. The maximum absolute atomic E-state index is 13.2. The number of amides is 1. The molecule has 4 rings (SSSR count). The fraction of sp³-hybridized carbons (Fsp3) is 0.182. The molecule has 1 N–H and O–H groups in total. The lowest BCUT2D eigenvalue weighted by atomic mass is 10.2. The average molecular weight is 470 g/mol. The highest BCUT2D eigenvalue weighted by molar-refractivity contribution is 7.99. The third kappa shape index (κ3) is 4.97. The topological polar surface area (TPSA) is 81.9 Å². The first-order chi connectivity index (χ1) is 15.6. The molecular formula is C22H20FN5O2S2. The largest absolute Gasteiger partial charge is 0.497 e. The molecule has 164 valence electrons. The van der Waals surface area contributed by atoms with Gasteiger partial charge in [-0.2, -0.15) is 0 Å². The lowest BCUT2D eigenvalue weighted by molar-refractivity contribution is -0.113. The van der Waals surface area contributed by atoms with E-state index in [1.165, 1.54) is 35.2 Å². The molecule has 7 nitrogen and oxygen atoms in total. The van der Waals surface area contributed by atoms with Crippen LogP contribution in [0.2, 0.25) is 0 Å². The summed E-state index contributed by atoms with van der Waals surface area (Å²) < 4.78 is 20.5. The van der Waals surface area contributed by atoms with Crippen LogP contribution in [0.1, 0.15) is 6.92 Å². The first-order valence-corrected chi connectivity index (χ1v) is 11.6. The maximum atomic E-state index is 13.2. The number of rotatable bonds is 8. The monoisotopic (exact) mass is 469 g/mol. The fourth-order valence-corrected chi connectivity index (χ4v) is 4.66. The summed E-state index contributed by atoms with van der Waals surface area (Å²) in [7, 11) is 1.61. The van der Waals surface area contributed by atoms with E-state index in [2.05, 4.69) is 20.5 Å². The van der Waals surface area contributed by atoms with E-state index >= 15 is 0 Å². The Hall–Kier alpha value is -3.24. The molecule has 10 heteroatoms. The molecule has 0 saturated heterocycles. The molecule has 0 radical (unpaired) electrons. The highest BCUT2D eigenvalue weighted by Gasteiger charge is 2.14. The van der Waals surface area contributed by atoms with Crippen LogP contribution in [0.4, 0.5) is 9.52 Å². The number of anilines is 1. The van der Waals surface area contributed by atoms with Crippen LogP contribution in [-0.4, -0.2) is 38.5 Å². The maximum Gasteiger partial charge on any atom is 0.236 e. The summed E-state index contributed by atoms with van der Waals surface area (Å²) in [5.74, 6) is 1.19. The van der Waals surface area contributed by atoms with Crippen molar-refractivity contribution in [2.75, 3.05) is 18.2 Å². The highest BCUT2D eigenvalue weighted by Crippen LogP contribution is 2.29. The summed E-state index contributed by atoms with van der Waals surface area (Å²) in [6.45, 7) is 2.68. The van der Waals surface area contributed by atoms with Gasteiger partial charge in [0.05, 0.1) is 24.1 Å². The van der Waals surface area contributed by atoms with E-state index < -0.39 is 0 Å². The van der Waals surface area contributed by atoms with Crippen LogP contribution in [0.15, 0.2) is 59.8 Å². The molecule has 32 heavy (non-hydrogen) atoms. The van der Waals surface area contributed by atoms with Gasteiger partial charge in [0, 0.05) is 17.7 Å². The van der Waals surface area contributed by atoms with Crippen LogP contribution < -0.4 is 10.1 Å². The molecule has 4 aromatic rings. The first kappa shape index (κ1) is 22.0. The van der Waals surface area contributed by atoms with Gasteiger partial charge in [0.15, 0.2) is 0 Å². The van der Waals surface area contributed by atoms with Crippen LogP contribution in [0.25, 0.3) is 22.0 Å². The van der Waals surface area contributed by atoms with E-state index in [0.717, 1.165) is 27.7 Å². The average Bonchev–Trinajstić information content (AvgIpc) is 3.45. The number of carbonyl (C=O) groups excluding carboxylic acids is 1. The number of hydrogen-bond acceptors (Lipinski definition) is 7. The van der Waals surface area contributed by atoms with E-state index in [1.54, 1.807) is 25.4 Å². The number of aromatic nitrogens is 4. The van der Waals surface area contributed by atoms with Crippen molar-refractivity contribution < 1.29 is 13.9 Å². The number of nitrogens with one attached hydrogen (secondary N) is 1. The second-order valence-electron chi connectivity index (χ2n) is 6.65. The number of benzene rings is 2. The number of hydrogen-bond donors (Lipinski definition) is 1. The molecule has 0 aliphatic heterocycles. The van der Waals surface area contributed by atoms with Crippen molar-refractivity contribution in [1.29, 1.82) is 0 Å². The Morgan fingerprint density at radius 3 is 2.75 bits per heavy atom. The van der Waals surface area contributed by atoms with Crippen molar-refractivity contribution >= 4 is 34.1 Å². The van der Waals surface area contributed by atoms with Crippen molar-refractivity contribution in [1.82, 2.24) is 19.7 Å². The summed E-state index contributed by atoms with van der Waals surface area (Å²) in [5.41, 5.74) is 1.69. The summed E-state index contributed by atoms with van der Waals surface area (Å²) in [5, 5.41) is 13.0. The van der Waals surface area contributed by atoms with Gasteiger partial charge in [-0.25, -0.2) is 9.37 Å². The smallest absolute Gasteiger partial charge is 0.236 e. The molecule has 2 aromatic heterocycles. The zero-order chi connectivity index (χ0) is 22.5. The number of ether oxygens (including phenoxy) is 1. The zero-order valence-corrected chi connectivity index (χ0v) is 19.0. The Morgan fingerprint density at radius 2 is 2.00 bits per heavy atom. The number of carbonyl (C=O) groups is 1. The molecule has 0 aliphatic carbocycles. The van der Waals surface area contributed by atoms with Gasteiger partial charge in [0.1, 0.15) is 22.4 Å². The van der Waals surface area contributed by atoms with Gasteiger partial charge >= 0.3 is 0 Å². The van der Waals surface area contributed by atoms with E-state index in [1.807, 2.05) is 35.8 Å². The van der Waals surface area contributed by atoms with Gasteiger partial charge < -0.3 is 9.30 Å². The van der Waals surface area contributed by atoms with Crippen molar-refractivity contribution in [3.63, 3.8) is 0 Å². The minimum atomic E-state index is -0.291. The van der Waals surface area contributed by atoms with Crippen LogP contribution in [-0.2, 0) is 11.3 Å². The van der Waals surface area contributed by atoms with Gasteiger partial charge in [0.2, 0.25) is 11.0 Å². The summed E-state index contributed by atoms with van der Waals surface area (Å²) in [4.78, 5) is 16.9. The molecule has 0 unspecified atom stereocenters. The number of halogens is 1. The molecule has 2 aromatic carbocycles. The predicted molar refractivity (Wildman–Crippen MR) is 125 cm³/mol. The lowest BCUT2D eigenvalue weighted by Crippen LogP contribution is -2.14. The number of imidazole rings is 1. The quantitative estimate of drug-likeness (QED) is 0.367. The molecule has 2 heterocycles.